The highest BCUT2D eigenvalue weighted by Crippen LogP contribution is 2.33. The molecule has 1 aliphatic rings. The van der Waals surface area contributed by atoms with E-state index < -0.39 is 0 Å². The van der Waals surface area contributed by atoms with Gasteiger partial charge in [-0.1, -0.05) is 0 Å². The molecule has 6 heteroatoms. The summed E-state index contributed by atoms with van der Waals surface area (Å²) in [6.45, 7) is 2.65. The van der Waals surface area contributed by atoms with E-state index in [1.165, 1.54) is 0 Å². The lowest BCUT2D eigenvalue weighted by atomic mass is 10.0. The van der Waals surface area contributed by atoms with E-state index in [-0.39, 0.29) is 17.9 Å². The molecule has 1 aromatic carbocycles. The number of pyridine rings is 2. The molecule has 1 fully saturated rings. The average Bonchev–Trinajstić information content (AvgIpc) is 3.14. The van der Waals surface area contributed by atoms with Gasteiger partial charge in [0.1, 0.15) is 17.6 Å². The standard InChI is InChI=1S/C21H21N3O3/c1-13(15-10-21(25)24-11-15)27-20-9-14(8-19-17(20)4-3-7-22-19)18-6-5-16(26-2)12-23-18/h3-9,12-13,15H,10-11H2,1-2H3,(H,24,25)/t13-,15?/m1/s1. The monoisotopic (exact) mass is 363 g/mol. The average molecular weight is 363 g/mol. The lowest BCUT2D eigenvalue weighted by Crippen LogP contribution is -2.25. The minimum atomic E-state index is -0.0913. The molecule has 4 rings (SSSR count). The summed E-state index contributed by atoms with van der Waals surface area (Å²) in [5.74, 6) is 1.70. The topological polar surface area (TPSA) is 73.3 Å². The Morgan fingerprint density at radius 1 is 1.22 bits per heavy atom. The van der Waals surface area contributed by atoms with Gasteiger partial charge in [0.15, 0.2) is 0 Å². The number of nitrogens with zero attached hydrogens (tertiary/aromatic N) is 2. The van der Waals surface area contributed by atoms with E-state index in [1.807, 2.05) is 43.3 Å². The molecule has 27 heavy (non-hydrogen) atoms. The molecule has 1 unspecified atom stereocenters. The summed E-state index contributed by atoms with van der Waals surface area (Å²) in [5, 5.41) is 3.81. The number of carbonyl (C=O) groups excluding carboxylic acids is 1. The first-order chi connectivity index (χ1) is 13.1. The highest BCUT2D eigenvalue weighted by Gasteiger charge is 2.28. The lowest BCUT2D eigenvalue weighted by Gasteiger charge is -2.21. The molecule has 3 heterocycles. The lowest BCUT2D eigenvalue weighted by molar-refractivity contribution is -0.119. The smallest absolute Gasteiger partial charge is 0.220 e. The molecule has 138 valence electrons. The first-order valence-corrected chi connectivity index (χ1v) is 8.96. The van der Waals surface area contributed by atoms with Crippen LogP contribution in [0.3, 0.4) is 0 Å². The van der Waals surface area contributed by atoms with Gasteiger partial charge in [0.05, 0.1) is 24.5 Å². The second-order valence-electron chi connectivity index (χ2n) is 6.72. The van der Waals surface area contributed by atoms with Gasteiger partial charge in [-0.3, -0.25) is 14.8 Å². The van der Waals surface area contributed by atoms with Crippen LogP contribution in [0.2, 0.25) is 0 Å². The summed E-state index contributed by atoms with van der Waals surface area (Å²) in [6, 6.07) is 11.7. The quantitative estimate of drug-likeness (QED) is 0.753. The first kappa shape index (κ1) is 17.3. The predicted molar refractivity (Wildman–Crippen MR) is 103 cm³/mol. The van der Waals surface area contributed by atoms with Gasteiger partial charge < -0.3 is 14.8 Å². The van der Waals surface area contributed by atoms with Crippen molar-refractivity contribution in [1.82, 2.24) is 15.3 Å². The van der Waals surface area contributed by atoms with E-state index >= 15 is 0 Å². The molecule has 3 aromatic rings. The molecule has 0 saturated carbocycles. The van der Waals surface area contributed by atoms with Crippen LogP contribution in [0.5, 0.6) is 11.5 Å². The van der Waals surface area contributed by atoms with E-state index in [4.69, 9.17) is 9.47 Å². The van der Waals surface area contributed by atoms with Gasteiger partial charge in [0.25, 0.3) is 0 Å². The molecule has 0 spiro atoms. The van der Waals surface area contributed by atoms with E-state index in [0.29, 0.717) is 18.7 Å². The van der Waals surface area contributed by atoms with Gasteiger partial charge in [0.2, 0.25) is 5.91 Å². The van der Waals surface area contributed by atoms with E-state index in [1.54, 1.807) is 19.5 Å². The van der Waals surface area contributed by atoms with Crippen LogP contribution < -0.4 is 14.8 Å². The van der Waals surface area contributed by atoms with Gasteiger partial charge in [-0.05, 0) is 43.3 Å². The van der Waals surface area contributed by atoms with Crippen LogP contribution in [0.1, 0.15) is 13.3 Å². The Labute approximate surface area is 157 Å². The van der Waals surface area contributed by atoms with Crippen molar-refractivity contribution in [2.45, 2.75) is 19.4 Å². The van der Waals surface area contributed by atoms with Crippen LogP contribution in [0.15, 0.2) is 48.8 Å². The third-order valence-electron chi connectivity index (χ3n) is 4.94. The summed E-state index contributed by atoms with van der Waals surface area (Å²) in [7, 11) is 1.62. The summed E-state index contributed by atoms with van der Waals surface area (Å²) in [5.41, 5.74) is 2.58. The number of methoxy groups -OCH3 is 1. The summed E-state index contributed by atoms with van der Waals surface area (Å²) in [4.78, 5) is 20.5. The Morgan fingerprint density at radius 2 is 2.11 bits per heavy atom. The molecule has 6 nitrogen and oxygen atoms in total. The number of ether oxygens (including phenoxy) is 2. The fourth-order valence-corrected chi connectivity index (χ4v) is 3.32. The van der Waals surface area contributed by atoms with Crippen molar-refractivity contribution < 1.29 is 14.3 Å². The minimum Gasteiger partial charge on any atom is -0.495 e. The van der Waals surface area contributed by atoms with Crippen molar-refractivity contribution in [3.63, 3.8) is 0 Å². The summed E-state index contributed by atoms with van der Waals surface area (Å²) < 4.78 is 11.5. The van der Waals surface area contributed by atoms with Gasteiger partial charge >= 0.3 is 0 Å². The molecule has 1 saturated heterocycles. The van der Waals surface area contributed by atoms with Crippen LogP contribution in [-0.4, -0.2) is 35.6 Å². The predicted octanol–water partition coefficient (Wildman–Crippen LogP) is 3.21. The summed E-state index contributed by atoms with van der Waals surface area (Å²) in [6.07, 6.45) is 3.86. The van der Waals surface area contributed by atoms with E-state index in [2.05, 4.69) is 15.3 Å². The van der Waals surface area contributed by atoms with Gasteiger partial charge in [-0.2, -0.15) is 0 Å². The SMILES string of the molecule is COc1ccc(-c2cc(O[C@H](C)C3CNC(=O)C3)c3cccnc3c2)nc1. The van der Waals surface area contributed by atoms with Gasteiger partial charge in [0, 0.05) is 36.0 Å². The van der Waals surface area contributed by atoms with Crippen molar-refractivity contribution in [3.8, 4) is 22.8 Å². The van der Waals surface area contributed by atoms with Crippen molar-refractivity contribution >= 4 is 16.8 Å². The third kappa shape index (κ3) is 3.56. The van der Waals surface area contributed by atoms with Crippen LogP contribution in [0.25, 0.3) is 22.2 Å². The Balaban J connectivity index is 1.70. The Bertz CT molecular complexity index is 972. The molecule has 0 radical (unpaired) electrons. The summed E-state index contributed by atoms with van der Waals surface area (Å²) >= 11 is 0. The Morgan fingerprint density at radius 3 is 2.81 bits per heavy atom. The normalized spacial score (nSPS) is 17.6. The molecular weight excluding hydrogens is 342 g/mol. The number of fused-ring (bicyclic) bond motifs is 1. The van der Waals surface area contributed by atoms with Crippen LogP contribution >= 0.6 is 0 Å². The van der Waals surface area contributed by atoms with Crippen molar-refractivity contribution in [2.75, 3.05) is 13.7 Å². The zero-order valence-electron chi connectivity index (χ0n) is 15.3. The van der Waals surface area contributed by atoms with Gasteiger partial charge in [-0.15, -0.1) is 0 Å². The number of aromatic nitrogens is 2. The number of hydrogen-bond acceptors (Lipinski definition) is 5. The fourth-order valence-electron chi connectivity index (χ4n) is 3.32. The maximum absolute atomic E-state index is 11.5. The Hall–Kier alpha value is -3.15. The van der Waals surface area contributed by atoms with Crippen LogP contribution in [-0.2, 0) is 4.79 Å². The maximum Gasteiger partial charge on any atom is 0.220 e. The molecule has 0 bridgehead atoms. The van der Waals surface area contributed by atoms with E-state index in [9.17, 15) is 4.79 Å². The first-order valence-electron chi connectivity index (χ1n) is 8.96. The fraction of sp³-hybridized carbons (Fsp3) is 0.286. The molecule has 1 aliphatic heterocycles. The Kier molecular flexibility index (Phi) is 4.62. The molecule has 0 aliphatic carbocycles. The molecule has 1 N–H and O–H groups in total. The van der Waals surface area contributed by atoms with Crippen LogP contribution in [0.4, 0.5) is 0 Å². The van der Waals surface area contributed by atoms with Crippen molar-refractivity contribution in [3.05, 3.63) is 48.8 Å². The highest BCUT2D eigenvalue weighted by molar-refractivity contribution is 5.89. The zero-order valence-corrected chi connectivity index (χ0v) is 15.3. The number of nitrogens with one attached hydrogen (secondary N) is 1. The largest absolute Gasteiger partial charge is 0.495 e. The van der Waals surface area contributed by atoms with Crippen molar-refractivity contribution in [2.24, 2.45) is 5.92 Å². The number of amides is 1. The number of rotatable bonds is 5. The van der Waals surface area contributed by atoms with Gasteiger partial charge in [-0.25, -0.2) is 0 Å². The van der Waals surface area contributed by atoms with Crippen LogP contribution in [0, 0.1) is 5.92 Å². The second-order valence-corrected chi connectivity index (χ2v) is 6.72. The third-order valence-corrected chi connectivity index (χ3v) is 4.94. The van der Waals surface area contributed by atoms with Crippen molar-refractivity contribution in [1.29, 1.82) is 0 Å². The second kappa shape index (κ2) is 7.23. The minimum absolute atomic E-state index is 0.0816. The number of carbonyl (C=O) groups is 1. The molecule has 1 amide bonds. The maximum atomic E-state index is 11.5. The molecule has 2 aromatic heterocycles. The zero-order chi connectivity index (χ0) is 18.8. The molecule has 2 atom stereocenters. The van der Waals surface area contributed by atoms with E-state index in [0.717, 1.165) is 27.9 Å². The number of benzene rings is 1. The molecular formula is C21H21N3O3. The highest BCUT2D eigenvalue weighted by atomic mass is 16.5. The number of hydrogen-bond donors (Lipinski definition) is 1.